The first-order chi connectivity index (χ1) is 11.5. The summed E-state index contributed by atoms with van der Waals surface area (Å²) in [5.41, 5.74) is 2.96. The standard InChI is InChI=1S/C19H15BrClNO2/c20-11-8-15-13-2-1-3-14(13)17(10-4-6-12(21)7-5-10)22-18(15)16(9-11)19(23)24/h1-2,4-9,13-14,17,22H,3H2,(H,23,24)/p-1/t13-,14-,17+/m0/s1. The highest BCUT2D eigenvalue weighted by atomic mass is 79.9. The lowest BCUT2D eigenvalue weighted by Gasteiger charge is -2.39. The van der Waals surface area contributed by atoms with Gasteiger partial charge in [0, 0.05) is 26.7 Å². The van der Waals surface area contributed by atoms with Crippen LogP contribution in [0.2, 0.25) is 5.02 Å². The zero-order valence-corrected chi connectivity index (χ0v) is 15.0. The van der Waals surface area contributed by atoms with E-state index in [0.717, 1.165) is 22.0 Å². The minimum atomic E-state index is -1.17. The molecular weight excluding hydrogens is 390 g/mol. The maximum atomic E-state index is 11.6. The summed E-state index contributed by atoms with van der Waals surface area (Å²) in [6, 6.07) is 11.4. The number of hydrogen-bond acceptors (Lipinski definition) is 3. The topological polar surface area (TPSA) is 52.2 Å². The number of carboxylic acids is 1. The Morgan fingerprint density at radius 3 is 2.71 bits per heavy atom. The highest BCUT2D eigenvalue weighted by molar-refractivity contribution is 9.10. The number of allylic oxidation sites excluding steroid dienone is 2. The smallest absolute Gasteiger partial charge is 0.0736 e. The Hall–Kier alpha value is -1.78. The summed E-state index contributed by atoms with van der Waals surface area (Å²) in [5, 5.41) is 15.7. The summed E-state index contributed by atoms with van der Waals surface area (Å²) >= 11 is 9.42. The summed E-state index contributed by atoms with van der Waals surface area (Å²) in [7, 11) is 0. The maximum absolute atomic E-state index is 11.6. The molecule has 0 amide bonds. The molecule has 4 rings (SSSR count). The first kappa shape index (κ1) is 15.7. The molecule has 0 bridgehead atoms. The second-order valence-corrected chi connectivity index (χ2v) is 7.58. The summed E-state index contributed by atoms with van der Waals surface area (Å²) in [6.45, 7) is 0. The molecule has 0 saturated heterocycles. The Labute approximate surface area is 153 Å². The van der Waals surface area contributed by atoms with Crippen molar-refractivity contribution in [2.24, 2.45) is 5.92 Å². The molecule has 5 heteroatoms. The van der Waals surface area contributed by atoms with Crippen molar-refractivity contribution in [1.29, 1.82) is 0 Å². The average molecular weight is 404 g/mol. The fraction of sp³-hybridized carbons (Fsp3) is 0.211. The van der Waals surface area contributed by atoms with Crippen molar-refractivity contribution in [1.82, 2.24) is 0 Å². The molecule has 1 N–H and O–H groups in total. The minimum Gasteiger partial charge on any atom is -0.545 e. The second-order valence-electron chi connectivity index (χ2n) is 6.23. The van der Waals surface area contributed by atoms with Crippen molar-refractivity contribution >= 4 is 39.2 Å². The number of rotatable bonds is 2. The van der Waals surface area contributed by atoms with Crippen molar-refractivity contribution in [2.75, 3.05) is 5.32 Å². The van der Waals surface area contributed by atoms with Gasteiger partial charge in [0.05, 0.1) is 12.0 Å². The number of carbonyl (C=O) groups excluding carboxylic acids is 1. The Bertz CT molecular complexity index is 847. The molecule has 0 spiro atoms. The van der Waals surface area contributed by atoms with Crippen LogP contribution in [0.3, 0.4) is 0 Å². The molecule has 0 unspecified atom stereocenters. The molecule has 2 aromatic carbocycles. The van der Waals surface area contributed by atoms with Crippen LogP contribution in [-0.2, 0) is 0 Å². The molecule has 0 aromatic heterocycles. The van der Waals surface area contributed by atoms with E-state index in [0.29, 0.717) is 16.6 Å². The first-order valence-corrected chi connectivity index (χ1v) is 8.95. The molecule has 0 saturated carbocycles. The average Bonchev–Trinajstić information content (AvgIpc) is 3.04. The van der Waals surface area contributed by atoms with Crippen molar-refractivity contribution < 1.29 is 9.90 Å². The lowest BCUT2D eigenvalue weighted by Crippen LogP contribution is -2.32. The van der Waals surface area contributed by atoms with Crippen LogP contribution < -0.4 is 10.4 Å². The van der Waals surface area contributed by atoms with Gasteiger partial charge in [0.1, 0.15) is 0 Å². The van der Waals surface area contributed by atoms with Gasteiger partial charge in [-0.1, -0.05) is 51.8 Å². The number of nitrogens with one attached hydrogen (secondary N) is 1. The predicted molar refractivity (Wildman–Crippen MR) is 96.3 cm³/mol. The molecule has 122 valence electrons. The fourth-order valence-electron chi connectivity index (χ4n) is 3.83. The van der Waals surface area contributed by atoms with Crippen molar-refractivity contribution in [3.8, 4) is 0 Å². The molecule has 2 aromatic rings. The number of fused-ring (bicyclic) bond motifs is 3. The van der Waals surface area contributed by atoms with Crippen LogP contribution in [0.5, 0.6) is 0 Å². The number of carbonyl (C=O) groups is 1. The van der Waals surface area contributed by atoms with Crippen LogP contribution in [0.25, 0.3) is 0 Å². The van der Waals surface area contributed by atoms with Gasteiger partial charge in [-0.05, 0) is 47.7 Å². The van der Waals surface area contributed by atoms with Crippen LogP contribution in [-0.4, -0.2) is 5.97 Å². The predicted octanol–water partition coefficient (Wildman–Crippen LogP) is 4.29. The number of carboxylic acid groups (broad SMARTS) is 1. The lowest BCUT2D eigenvalue weighted by atomic mass is 9.76. The maximum Gasteiger partial charge on any atom is 0.0736 e. The van der Waals surface area contributed by atoms with Gasteiger partial charge in [0.25, 0.3) is 0 Å². The Kier molecular flexibility index (Phi) is 3.89. The highest BCUT2D eigenvalue weighted by Gasteiger charge is 2.38. The monoisotopic (exact) mass is 402 g/mol. The summed E-state index contributed by atoms with van der Waals surface area (Å²) in [6.07, 6.45) is 5.31. The minimum absolute atomic E-state index is 0.0362. The van der Waals surface area contributed by atoms with Crippen LogP contribution in [0.1, 0.15) is 39.9 Å². The third-order valence-corrected chi connectivity index (χ3v) is 5.59. The molecule has 3 atom stereocenters. The number of benzene rings is 2. The van der Waals surface area contributed by atoms with Crippen molar-refractivity contribution in [2.45, 2.75) is 18.4 Å². The number of halogens is 2. The van der Waals surface area contributed by atoms with Gasteiger partial charge in [0.15, 0.2) is 0 Å². The van der Waals surface area contributed by atoms with E-state index in [9.17, 15) is 9.90 Å². The summed E-state index contributed by atoms with van der Waals surface area (Å²) < 4.78 is 0.756. The quantitative estimate of drug-likeness (QED) is 0.761. The molecule has 3 nitrogen and oxygen atoms in total. The van der Waals surface area contributed by atoms with E-state index in [-0.39, 0.29) is 17.5 Å². The molecule has 1 heterocycles. The molecule has 1 aliphatic carbocycles. The van der Waals surface area contributed by atoms with Crippen molar-refractivity contribution in [3.63, 3.8) is 0 Å². The molecule has 0 fully saturated rings. The van der Waals surface area contributed by atoms with E-state index in [4.69, 9.17) is 11.6 Å². The van der Waals surface area contributed by atoms with Crippen LogP contribution in [0.4, 0.5) is 5.69 Å². The van der Waals surface area contributed by atoms with E-state index in [1.54, 1.807) is 6.07 Å². The van der Waals surface area contributed by atoms with Gasteiger partial charge in [0.2, 0.25) is 0 Å². The summed E-state index contributed by atoms with van der Waals surface area (Å²) in [5.74, 6) is -0.629. The van der Waals surface area contributed by atoms with Gasteiger partial charge in [-0.3, -0.25) is 0 Å². The number of aromatic carboxylic acids is 1. The van der Waals surface area contributed by atoms with E-state index >= 15 is 0 Å². The third-order valence-electron chi connectivity index (χ3n) is 4.88. The number of hydrogen-bond donors (Lipinski definition) is 1. The Morgan fingerprint density at radius 1 is 1.25 bits per heavy atom. The SMILES string of the molecule is O=C([O-])c1cc(Br)cc2c1N[C@H](c1ccc(Cl)cc1)[C@H]1CC=C[C@H]21. The van der Waals surface area contributed by atoms with Gasteiger partial charge in [-0.2, -0.15) is 0 Å². The highest BCUT2D eigenvalue weighted by Crippen LogP contribution is 2.51. The van der Waals surface area contributed by atoms with Crippen LogP contribution in [0, 0.1) is 5.92 Å². The largest absolute Gasteiger partial charge is 0.545 e. The Morgan fingerprint density at radius 2 is 2.00 bits per heavy atom. The molecule has 2 aliphatic rings. The summed E-state index contributed by atoms with van der Waals surface area (Å²) in [4.78, 5) is 11.6. The van der Waals surface area contributed by atoms with E-state index in [1.165, 1.54) is 0 Å². The fourth-order valence-corrected chi connectivity index (χ4v) is 4.43. The van der Waals surface area contributed by atoms with E-state index in [1.807, 2.05) is 30.3 Å². The zero-order valence-electron chi connectivity index (χ0n) is 12.6. The van der Waals surface area contributed by atoms with Crippen LogP contribution in [0.15, 0.2) is 53.0 Å². The number of anilines is 1. The van der Waals surface area contributed by atoms with Gasteiger partial charge in [-0.25, -0.2) is 0 Å². The van der Waals surface area contributed by atoms with Crippen LogP contribution >= 0.6 is 27.5 Å². The first-order valence-electron chi connectivity index (χ1n) is 7.78. The molecular formula is C19H14BrClNO2-. The lowest BCUT2D eigenvalue weighted by molar-refractivity contribution is -0.254. The second kappa shape index (κ2) is 5.94. The molecule has 1 aliphatic heterocycles. The van der Waals surface area contributed by atoms with E-state index in [2.05, 4.69) is 33.4 Å². The normalized spacial score (nSPS) is 24.2. The van der Waals surface area contributed by atoms with Gasteiger partial charge >= 0.3 is 0 Å². The third kappa shape index (κ3) is 2.54. The zero-order chi connectivity index (χ0) is 16.8. The van der Waals surface area contributed by atoms with E-state index < -0.39 is 5.97 Å². The Balaban J connectivity index is 1.86. The van der Waals surface area contributed by atoms with Gasteiger partial charge < -0.3 is 15.2 Å². The molecule has 0 radical (unpaired) electrons. The van der Waals surface area contributed by atoms with Crippen molar-refractivity contribution in [3.05, 3.63) is 74.7 Å². The molecule has 24 heavy (non-hydrogen) atoms. The van der Waals surface area contributed by atoms with Gasteiger partial charge in [-0.15, -0.1) is 0 Å².